The maximum Gasteiger partial charge on any atom is 0.360 e. The third-order valence-corrected chi connectivity index (χ3v) is 6.20. The third-order valence-electron chi connectivity index (χ3n) is 6.20. The fourth-order valence-electron chi connectivity index (χ4n) is 4.28. The second kappa shape index (κ2) is 13.4. The average molecular weight is 548 g/mol. The van der Waals surface area contributed by atoms with Gasteiger partial charge in [0.15, 0.2) is 11.5 Å². The van der Waals surface area contributed by atoms with E-state index in [9.17, 15) is 14.4 Å². The Morgan fingerprint density at radius 2 is 1.57 bits per heavy atom. The zero-order valence-electron chi connectivity index (χ0n) is 22.6. The smallest absolute Gasteiger partial charge is 0.360 e. The Morgan fingerprint density at radius 1 is 0.950 bits per heavy atom. The van der Waals surface area contributed by atoms with E-state index >= 15 is 0 Å². The normalized spacial score (nSPS) is 15.4. The number of nitrogens with two attached hydrogens (primary N) is 1. The Hall–Kier alpha value is -4.64. The van der Waals surface area contributed by atoms with Crippen molar-refractivity contribution in [3.05, 3.63) is 82.9 Å². The molecule has 0 aromatic heterocycles. The van der Waals surface area contributed by atoms with Crippen molar-refractivity contribution in [2.75, 3.05) is 50.2 Å². The number of anilines is 2. The molecule has 0 bridgehead atoms. The first-order valence-electron chi connectivity index (χ1n) is 13.1. The van der Waals surface area contributed by atoms with Crippen molar-refractivity contribution >= 4 is 35.0 Å². The Labute approximate surface area is 232 Å². The van der Waals surface area contributed by atoms with Crippen LogP contribution in [-0.2, 0) is 19.0 Å². The monoisotopic (exact) mass is 547 g/mol. The molecule has 2 aromatic rings. The number of urea groups is 1. The van der Waals surface area contributed by atoms with Gasteiger partial charge in [-0.2, -0.15) is 0 Å². The highest BCUT2D eigenvalue weighted by Gasteiger charge is 2.28. The van der Waals surface area contributed by atoms with Crippen LogP contribution in [-0.4, -0.2) is 68.0 Å². The van der Waals surface area contributed by atoms with Gasteiger partial charge in [0.1, 0.15) is 0 Å². The highest BCUT2D eigenvalue weighted by molar-refractivity contribution is 6.06. The largest absolute Gasteiger partial charge is 0.489 e. The minimum absolute atomic E-state index is 0.123. The molecule has 2 aromatic carbocycles. The van der Waals surface area contributed by atoms with E-state index < -0.39 is 17.9 Å². The first kappa shape index (κ1) is 28.4. The van der Waals surface area contributed by atoms with E-state index in [1.807, 2.05) is 25.1 Å². The van der Waals surface area contributed by atoms with E-state index in [1.165, 1.54) is 12.1 Å². The van der Waals surface area contributed by atoms with Gasteiger partial charge in [0.25, 0.3) is 0 Å². The molecule has 0 unspecified atom stereocenters. The Balaban J connectivity index is 1.54. The number of carbonyl (C=O) groups excluding carboxylic acids is 3. The number of hydrogen-bond donors (Lipinski definition) is 3. The van der Waals surface area contributed by atoms with Crippen molar-refractivity contribution in [3.8, 4) is 0 Å². The lowest BCUT2D eigenvalue weighted by molar-refractivity contribution is -0.138. The van der Waals surface area contributed by atoms with Crippen molar-refractivity contribution < 1.29 is 28.6 Å². The predicted molar refractivity (Wildman–Crippen MR) is 151 cm³/mol. The summed E-state index contributed by atoms with van der Waals surface area (Å²) < 4.78 is 16.8. The molecule has 11 nitrogen and oxygen atoms in total. The molecule has 4 rings (SSSR count). The maximum absolute atomic E-state index is 13.0. The number of benzene rings is 2. The van der Waals surface area contributed by atoms with Gasteiger partial charge < -0.3 is 35.5 Å². The minimum Gasteiger partial charge on any atom is -0.489 e. The van der Waals surface area contributed by atoms with Gasteiger partial charge in [0, 0.05) is 36.4 Å². The number of nitrogens with one attached hydrogen (secondary N) is 2. The van der Waals surface area contributed by atoms with Gasteiger partial charge in [-0.25, -0.2) is 14.6 Å². The highest BCUT2D eigenvalue weighted by atomic mass is 16.5. The molecule has 40 heavy (non-hydrogen) atoms. The van der Waals surface area contributed by atoms with Crippen molar-refractivity contribution in [3.63, 3.8) is 0 Å². The molecule has 4 N–H and O–H groups in total. The molecule has 2 heterocycles. The summed E-state index contributed by atoms with van der Waals surface area (Å²) in [4.78, 5) is 43.6. The van der Waals surface area contributed by atoms with Gasteiger partial charge in [0.05, 0.1) is 37.8 Å². The lowest BCUT2D eigenvalue weighted by atomic mass is 10.1. The van der Waals surface area contributed by atoms with Gasteiger partial charge in [-0.15, -0.1) is 0 Å². The van der Waals surface area contributed by atoms with Crippen LogP contribution in [0.25, 0.3) is 0 Å². The second-order valence-electron chi connectivity index (χ2n) is 8.88. The number of esters is 1. The van der Waals surface area contributed by atoms with Crippen LogP contribution in [0.15, 0.2) is 76.8 Å². The molecule has 0 aliphatic carbocycles. The number of ether oxygens (including phenoxy) is 3. The fraction of sp³-hybridized carbons (Fsp3) is 0.310. The van der Waals surface area contributed by atoms with Crippen LogP contribution >= 0.6 is 0 Å². The number of carbonyl (C=O) groups is 3. The number of aliphatic imine (C=N–C) groups is 1. The summed E-state index contributed by atoms with van der Waals surface area (Å²) in [7, 11) is 0. The quantitative estimate of drug-likeness (QED) is 0.407. The van der Waals surface area contributed by atoms with Crippen LogP contribution in [0.5, 0.6) is 0 Å². The van der Waals surface area contributed by atoms with Crippen LogP contribution in [0.1, 0.15) is 36.2 Å². The first-order valence-corrected chi connectivity index (χ1v) is 13.1. The molecule has 0 atom stereocenters. The second-order valence-corrected chi connectivity index (χ2v) is 8.88. The summed E-state index contributed by atoms with van der Waals surface area (Å²) in [6.45, 7) is 6.69. The molecule has 0 spiro atoms. The summed E-state index contributed by atoms with van der Waals surface area (Å²) in [6.07, 6.45) is 2.48. The SMILES string of the molecule is CCOC(=O)C1=C(OCC)C(N2CCOCC2)=CCC(c2ccc(NC(=O)Nc3ccc(C(N)=O)cc3)cc2)=N1. The van der Waals surface area contributed by atoms with Gasteiger partial charge in [0.2, 0.25) is 5.91 Å². The Morgan fingerprint density at radius 3 is 2.15 bits per heavy atom. The summed E-state index contributed by atoms with van der Waals surface area (Å²) in [6, 6.07) is 13.0. The lowest BCUT2D eigenvalue weighted by Crippen LogP contribution is -2.36. The van der Waals surface area contributed by atoms with Gasteiger partial charge in [-0.1, -0.05) is 18.2 Å². The average Bonchev–Trinajstić information content (AvgIpc) is 3.14. The van der Waals surface area contributed by atoms with E-state index in [4.69, 9.17) is 24.9 Å². The number of morpholine rings is 1. The summed E-state index contributed by atoms with van der Waals surface area (Å²) in [5.74, 6) is -0.693. The van der Waals surface area contributed by atoms with Crippen molar-refractivity contribution in [1.29, 1.82) is 0 Å². The van der Waals surface area contributed by atoms with E-state index in [0.717, 1.165) is 11.3 Å². The molecule has 1 fully saturated rings. The van der Waals surface area contributed by atoms with Crippen LogP contribution < -0.4 is 16.4 Å². The zero-order valence-corrected chi connectivity index (χ0v) is 22.6. The summed E-state index contributed by atoms with van der Waals surface area (Å²) in [5, 5.41) is 5.48. The van der Waals surface area contributed by atoms with Crippen molar-refractivity contribution in [2.45, 2.75) is 20.3 Å². The zero-order chi connectivity index (χ0) is 28.5. The van der Waals surface area contributed by atoms with Crippen LogP contribution in [0.2, 0.25) is 0 Å². The Bertz CT molecular complexity index is 1330. The van der Waals surface area contributed by atoms with E-state index in [0.29, 0.717) is 67.7 Å². The number of amides is 3. The van der Waals surface area contributed by atoms with Gasteiger partial charge in [-0.05, 0) is 55.8 Å². The van der Waals surface area contributed by atoms with Crippen LogP contribution in [0.4, 0.5) is 16.2 Å². The minimum atomic E-state index is -0.552. The van der Waals surface area contributed by atoms with E-state index in [2.05, 4.69) is 15.5 Å². The van der Waals surface area contributed by atoms with Crippen molar-refractivity contribution in [1.82, 2.24) is 4.90 Å². The summed E-state index contributed by atoms with van der Waals surface area (Å²) >= 11 is 0. The molecule has 2 aliphatic heterocycles. The van der Waals surface area contributed by atoms with Gasteiger partial charge in [-0.3, -0.25) is 4.79 Å². The Kier molecular flexibility index (Phi) is 9.53. The lowest BCUT2D eigenvalue weighted by Gasteiger charge is -2.32. The predicted octanol–water partition coefficient (Wildman–Crippen LogP) is 3.65. The molecular formula is C29H33N5O6. The van der Waals surface area contributed by atoms with E-state index in [-0.39, 0.29) is 12.3 Å². The van der Waals surface area contributed by atoms with E-state index in [1.54, 1.807) is 31.2 Å². The molecule has 3 amide bonds. The molecule has 0 radical (unpaired) electrons. The maximum atomic E-state index is 13.0. The van der Waals surface area contributed by atoms with Crippen LogP contribution in [0.3, 0.4) is 0 Å². The molecule has 1 saturated heterocycles. The number of allylic oxidation sites excluding steroid dienone is 1. The number of primary amides is 1. The van der Waals surface area contributed by atoms with Crippen molar-refractivity contribution in [2.24, 2.45) is 10.7 Å². The molecule has 11 heteroatoms. The standard InChI is InChI=1S/C29H33N5O6/c1-3-39-26-24(34-15-17-38-18-16-34)14-13-23(33-25(26)28(36)40-4-2)19-5-9-21(10-6-19)31-29(37)32-22-11-7-20(8-12-22)27(30)35/h5-12,14H,3-4,13,15-18H2,1-2H3,(H2,30,35)(H2,31,32,37). The van der Waals surface area contributed by atoms with Crippen LogP contribution in [0, 0.1) is 0 Å². The fourth-order valence-corrected chi connectivity index (χ4v) is 4.28. The number of nitrogens with zero attached hydrogens (tertiary/aromatic N) is 2. The molecular weight excluding hydrogens is 514 g/mol. The van der Waals surface area contributed by atoms with Gasteiger partial charge >= 0.3 is 12.0 Å². The highest BCUT2D eigenvalue weighted by Crippen LogP contribution is 2.28. The number of rotatable bonds is 9. The first-order chi connectivity index (χ1) is 19.4. The number of hydrogen-bond acceptors (Lipinski definition) is 8. The molecule has 0 saturated carbocycles. The molecule has 210 valence electrons. The third kappa shape index (κ3) is 7.06. The topological polar surface area (TPSA) is 145 Å². The summed E-state index contributed by atoms with van der Waals surface area (Å²) in [5.41, 5.74) is 9.04. The molecule has 2 aliphatic rings.